The molecule has 0 heterocycles. The molecule has 1 unspecified atom stereocenters. The van der Waals surface area contributed by atoms with Crippen LogP contribution >= 0.6 is 0 Å². The van der Waals surface area contributed by atoms with Crippen LogP contribution in [-0.4, -0.2) is 8.07 Å². The van der Waals surface area contributed by atoms with E-state index in [1.165, 1.54) is 199 Å². The smallest absolute Gasteiger partial charge is 1.00 e. The summed E-state index contributed by atoms with van der Waals surface area (Å²) < 4.78 is 1.63. The van der Waals surface area contributed by atoms with E-state index in [1.807, 2.05) is 0 Å². The van der Waals surface area contributed by atoms with Crippen LogP contribution in [0.15, 0.2) is 75.3 Å². The summed E-state index contributed by atoms with van der Waals surface area (Å²) >= 11 is 2.50. The molecule has 0 aromatic heterocycles. The number of halogens is 3. The van der Waals surface area contributed by atoms with Crippen molar-refractivity contribution in [2.24, 2.45) is 5.92 Å². The Bertz CT molecular complexity index is 1600. The number of rotatable bonds is 36. The van der Waals surface area contributed by atoms with Gasteiger partial charge in [-0.25, -0.2) is 0 Å². The Morgan fingerprint density at radius 1 is 0.382 bits per heavy atom. The van der Waals surface area contributed by atoms with Crippen molar-refractivity contribution in [3.05, 3.63) is 109 Å². The van der Waals surface area contributed by atoms with Gasteiger partial charge in [-0.1, -0.05) is 41.5 Å². The summed E-state index contributed by atoms with van der Waals surface area (Å²) in [6.07, 6.45) is 43.9. The van der Waals surface area contributed by atoms with Crippen molar-refractivity contribution in [3.8, 4) is 0 Å². The Hall–Kier alpha value is -1.06. The molecule has 0 nitrogen and oxygen atoms in total. The second-order valence-corrected chi connectivity index (χ2v) is 25.5. The zero-order chi connectivity index (χ0) is 46.7. The van der Waals surface area contributed by atoms with Gasteiger partial charge in [-0.2, -0.15) is 0 Å². The molecule has 0 fully saturated rings. The Kier molecular flexibility index (Phi) is 36.0. The molecule has 4 rings (SSSR count). The summed E-state index contributed by atoms with van der Waals surface area (Å²) in [5, 5.41) is 6.83. The number of hydrogen-bond acceptors (Lipinski definition) is 0. The summed E-state index contributed by atoms with van der Waals surface area (Å²) in [6, 6.07) is 24.9. The molecule has 5 heteroatoms. The topological polar surface area (TPSA) is 0 Å². The van der Waals surface area contributed by atoms with E-state index in [-0.39, 0.29) is 37.2 Å². The van der Waals surface area contributed by atoms with Gasteiger partial charge in [0.1, 0.15) is 0 Å². The van der Waals surface area contributed by atoms with Crippen molar-refractivity contribution in [1.82, 2.24) is 0 Å². The average molecular weight is 1040 g/mol. The molecule has 3 aromatic carbocycles. The standard InChI is InChI=1S/C63H99Si.3ClH.Ti/c1-9-16-22-28-35-53-43-54(36-29-23-17-10-2)47-59(46-53)64(63-42-34-41-62(63)52(8)15-7,60-48-55(37-30-24-18-11-3)44-56(49-60)38-31-25-19-12-4)61-50-57(39-32-26-20-13-5)45-58(51-61)40-33-27-21-14-6;;;;/h42-52H,9-40H2,1-8H3;3*1H;/q;;;;+3/p-3. The molecule has 0 amide bonds. The van der Waals surface area contributed by atoms with E-state index in [9.17, 15) is 0 Å². The van der Waals surface area contributed by atoms with Crippen LogP contribution < -0.4 is 52.8 Å². The fourth-order valence-corrected chi connectivity index (χ4v) is 17.5. The summed E-state index contributed by atoms with van der Waals surface area (Å²) in [5.41, 5.74) is 11.4. The van der Waals surface area contributed by atoms with Gasteiger partial charge in [-0.05, 0) is 0 Å². The minimum absolute atomic E-state index is 0. The third-order valence-electron chi connectivity index (χ3n) is 15.0. The van der Waals surface area contributed by atoms with E-state index in [0.717, 1.165) is 6.42 Å². The van der Waals surface area contributed by atoms with Crippen molar-refractivity contribution < 1.29 is 57.7 Å². The molecule has 1 aliphatic rings. The normalized spacial score (nSPS) is 13.0. The number of unbranched alkanes of at least 4 members (excludes halogenated alkanes) is 18. The molecule has 1 aliphatic carbocycles. The van der Waals surface area contributed by atoms with Crippen molar-refractivity contribution in [3.63, 3.8) is 0 Å². The molecule has 0 radical (unpaired) electrons. The van der Waals surface area contributed by atoms with Crippen LogP contribution in [0.3, 0.4) is 0 Å². The molecular formula is C63H99Cl3SiTi. The minimum atomic E-state index is -2.89. The van der Waals surface area contributed by atoms with Gasteiger partial charge in [0, 0.05) is 0 Å². The number of benzene rings is 3. The molecule has 1 atom stereocenters. The first-order chi connectivity index (χ1) is 31.8. The quantitative estimate of drug-likeness (QED) is 0.0311. The molecule has 0 saturated carbocycles. The predicted molar refractivity (Wildman–Crippen MR) is 290 cm³/mol. The first-order valence-electron chi connectivity index (χ1n) is 28.3. The Morgan fingerprint density at radius 2 is 0.632 bits per heavy atom. The van der Waals surface area contributed by atoms with Crippen LogP contribution in [0.25, 0.3) is 0 Å². The maximum atomic E-state index is 2.82. The van der Waals surface area contributed by atoms with Gasteiger partial charge in [0.15, 0.2) is 0 Å². The summed E-state index contributed by atoms with van der Waals surface area (Å²) in [4.78, 5) is 0. The number of allylic oxidation sites excluding steroid dienone is 4. The van der Waals surface area contributed by atoms with E-state index >= 15 is 0 Å². The Morgan fingerprint density at radius 3 is 0.853 bits per heavy atom. The number of aryl methyl sites for hydroxylation is 6. The van der Waals surface area contributed by atoms with E-state index in [1.54, 1.807) is 63.6 Å². The minimum Gasteiger partial charge on any atom is -1.00 e. The van der Waals surface area contributed by atoms with E-state index < -0.39 is 8.07 Å². The molecule has 68 heavy (non-hydrogen) atoms. The first kappa shape index (κ1) is 65.0. The van der Waals surface area contributed by atoms with Gasteiger partial charge in [-0.15, -0.1) is 0 Å². The van der Waals surface area contributed by atoms with Gasteiger partial charge >= 0.3 is 378 Å². The van der Waals surface area contributed by atoms with Gasteiger partial charge in [-0.3, -0.25) is 0 Å². The average Bonchev–Trinajstić information content (AvgIpc) is 3.70. The molecular weight excluding hydrogens is 939 g/mol. The van der Waals surface area contributed by atoms with Crippen LogP contribution in [0.5, 0.6) is 0 Å². The predicted octanol–water partition coefficient (Wildman–Crippen LogP) is 8.62. The van der Waals surface area contributed by atoms with Crippen LogP contribution in [0, 0.1) is 5.92 Å². The van der Waals surface area contributed by atoms with Crippen molar-refractivity contribution in [2.45, 2.75) is 261 Å². The summed E-state index contributed by atoms with van der Waals surface area (Å²) in [5.74, 6) is 0.540. The molecule has 0 spiro atoms. The fourth-order valence-electron chi connectivity index (χ4n) is 11.0. The number of hydrogen-bond donors (Lipinski definition) is 0. The molecule has 0 aliphatic heterocycles. The van der Waals surface area contributed by atoms with Crippen LogP contribution in [0.1, 0.15) is 256 Å². The van der Waals surface area contributed by atoms with Crippen molar-refractivity contribution in [2.75, 3.05) is 0 Å². The van der Waals surface area contributed by atoms with Gasteiger partial charge in [0.05, 0.1) is 0 Å². The second-order valence-electron chi connectivity index (χ2n) is 20.8. The van der Waals surface area contributed by atoms with Gasteiger partial charge in [0.2, 0.25) is 0 Å². The van der Waals surface area contributed by atoms with E-state index in [4.69, 9.17) is 0 Å². The molecule has 0 N–H and O–H groups in total. The van der Waals surface area contributed by atoms with E-state index in [0.29, 0.717) is 5.92 Å². The Labute approximate surface area is 453 Å². The van der Waals surface area contributed by atoms with Crippen LogP contribution in [0.2, 0.25) is 0 Å². The first-order valence-corrected chi connectivity index (χ1v) is 31.1. The van der Waals surface area contributed by atoms with E-state index in [2.05, 4.69) is 136 Å². The van der Waals surface area contributed by atoms with Crippen LogP contribution in [0.4, 0.5) is 0 Å². The fraction of sp³-hybridized carbons (Fsp3) is 0.651. The third kappa shape index (κ3) is 20.5. The molecule has 3 aromatic rings. The second kappa shape index (κ2) is 37.7. The molecule has 0 saturated heterocycles. The molecule has 0 bridgehead atoms. The maximum Gasteiger partial charge on any atom is -1.00 e. The largest absolute Gasteiger partial charge is 1.00 e. The zero-order valence-corrected chi connectivity index (χ0v) is 49.9. The zero-order valence-electron chi connectivity index (χ0n) is 45.1. The summed E-state index contributed by atoms with van der Waals surface area (Å²) in [6.45, 7) is 19.2. The van der Waals surface area contributed by atoms with Gasteiger partial charge < -0.3 is 37.2 Å². The van der Waals surface area contributed by atoms with Gasteiger partial charge in [0.25, 0.3) is 0 Å². The van der Waals surface area contributed by atoms with Crippen molar-refractivity contribution in [1.29, 1.82) is 0 Å². The maximum absolute atomic E-state index is 2.89. The van der Waals surface area contributed by atoms with Crippen LogP contribution in [-0.2, 0) is 59.0 Å². The molecule has 380 valence electrons. The Balaban J connectivity index is 0.00000771. The SMILES string of the molecule is CCCCCCc1cc(CCCCCC)cc([Si](C2=CC[C]([Ti+3])=C2C(C)CC)(c2cc(CCCCCC)cc(CCCCCC)c2)c2cc(CCCCCC)cc(CCCCCC)c2)c1.[Cl-].[Cl-].[Cl-]. The van der Waals surface area contributed by atoms with Crippen molar-refractivity contribution >= 4 is 23.6 Å². The monoisotopic (exact) mass is 1040 g/mol. The third-order valence-corrected chi connectivity index (χ3v) is 20.5. The summed E-state index contributed by atoms with van der Waals surface area (Å²) in [7, 11) is -2.89.